The molecule has 0 unspecified atom stereocenters. The summed E-state index contributed by atoms with van der Waals surface area (Å²) < 4.78 is 29.4. The monoisotopic (exact) mass is 382 g/mol. The number of aromatic amines is 1. The van der Waals surface area contributed by atoms with Crippen molar-refractivity contribution in [3.05, 3.63) is 54.7 Å². The zero-order valence-electron chi connectivity index (χ0n) is 14.9. The molecule has 0 atom stereocenters. The van der Waals surface area contributed by atoms with Crippen molar-refractivity contribution >= 4 is 10.0 Å². The summed E-state index contributed by atoms with van der Waals surface area (Å²) >= 11 is 0. The highest BCUT2D eigenvalue weighted by Crippen LogP contribution is 2.31. The van der Waals surface area contributed by atoms with E-state index in [-0.39, 0.29) is 10.9 Å². The van der Waals surface area contributed by atoms with Crippen LogP contribution in [0.5, 0.6) is 0 Å². The summed E-state index contributed by atoms with van der Waals surface area (Å²) in [7, 11) is -3.68. The first-order valence-electron chi connectivity index (χ1n) is 9.22. The van der Waals surface area contributed by atoms with Crippen molar-refractivity contribution in [1.29, 1.82) is 0 Å². The molecule has 1 aliphatic rings. The van der Waals surface area contributed by atoms with Gasteiger partial charge in [-0.3, -0.25) is 5.10 Å². The molecule has 0 saturated heterocycles. The van der Waals surface area contributed by atoms with Gasteiger partial charge in [0, 0.05) is 11.6 Å². The average molecular weight is 382 g/mol. The summed E-state index contributed by atoms with van der Waals surface area (Å²) in [5.41, 5.74) is 2.88. The van der Waals surface area contributed by atoms with Gasteiger partial charge in [-0.15, -0.1) is 5.10 Å². The Morgan fingerprint density at radius 1 is 0.963 bits per heavy atom. The number of nitrogens with one attached hydrogen (secondary N) is 2. The topological polar surface area (TPSA) is 87.7 Å². The molecule has 0 bridgehead atoms. The van der Waals surface area contributed by atoms with Crippen LogP contribution >= 0.6 is 0 Å². The van der Waals surface area contributed by atoms with Crippen LogP contribution in [-0.4, -0.2) is 29.9 Å². The predicted molar refractivity (Wildman–Crippen MR) is 104 cm³/mol. The maximum atomic E-state index is 13.2. The molecule has 3 aromatic rings. The summed E-state index contributed by atoms with van der Waals surface area (Å²) in [6.07, 6.45) is 6.68. The molecule has 0 spiro atoms. The number of nitrogens with zero attached hydrogens (tertiary/aromatic N) is 2. The molecule has 1 aliphatic carbocycles. The van der Waals surface area contributed by atoms with Crippen molar-refractivity contribution in [2.24, 2.45) is 0 Å². The minimum atomic E-state index is -3.68. The van der Waals surface area contributed by atoms with Crippen LogP contribution in [0.2, 0.25) is 0 Å². The van der Waals surface area contributed by atoms with Gasteiger partial charge in [0.25, 0.3) is 0 Å². The molecule has 0 aliphatic heterocycles. The minimum Gasteiger partial charge on any atom is -0.265 e. The maximum absolute atomic E-state index is 13.2. The Morgan fingerprint density at radius 3 is 2.44 bits per heavy atom. The number of hydrogen-bond donors (Lipinski definition) is 2. The van der Waals surface area contributed by atoms with Crippen LogP contribution in [-0.2, 0) is 10.0 Å². The zero-order chi connectivity index (χ0) is 18.7. The highest BCUT2D eigenvalue weighted by molar-refractivity contribution is 7.89. The predicted octanol–water partition coefficient (Wildman–Crippen LogP) is 3.75. The molecule has 2 aromatic carbocycles. The van der Waals surface area contributed by atoms with Gasteiger partial charge in [-0.2, -0.15) is 0 Å². The molecule has 6 nitrogen and oxygen atoms in total. The highest BCUT2D eigenvalue weighted by Gasteiger charge is 2.26. The second-order valence-corrected chi connectivity index (χ2v) is 8.57. The van der Waals surface area contributed by atoms with Gasteiger partial charge in [0.1, 0.15) is 5.69 Å². The number of aromatic nitrogens is 3. The van der Waals surface area contributed by atoms with Crippen LogP contribution in [0.3, 0.4) is 0 Å². The lowest BCUT2D eigenvalue weighted by atomic mass is 9.96. The average Bonchev–Trinajstić information content (AvgIpc) is 3.23. The third kappa shape index (κ3) is 3.94. The van der Waals surface area contributed by atoms with E-state index in [0.29, 0.717) is 11.3 Å². The van der Waals surface area contributed by atoms with Crippen molar-refractivity contribution < 1.29 is 8.42 Å². The fourth-order valence-electron chi connectivity index (χ4n) is 3.60. The lowest BCUT2D eigenvalue weighted by molar-refractivity contribution is 0.412. The summed E-state index contributed by atoms with van der Waals surface area (Å²) in [6, 6.07) is 15.2. The Labute approximate surface area is 159 Å². The molecule has 27 heavy (non-hydrogen) atoms. The van der Waals surface area contributed by atoms with E-state index in [0.717, 1.165) is 36.8 Å². The Hall–Kier alpha value is -2.51. The minimum absolute atomic E-state index is 0.00529. The molecule has 1 saturated carbocycles. The summed E-state index contributed by atoms with van der Waals surface area (Å²) in [6.45, 7) is 0. The van der Waals surface area contributed by atoms with Gasteiger partial charge in [0.05, 0.1) is 11.1 Å². The van der Waals surface area contributed by atoms with E-state index in [4.69, 9.17) is 0 Å². The third-order valence-electron chi connectivity index (χ3n) is 5.00. The maximum Gasteiger partial charge on any atom is 0.241 e. The van der Waals surface area contributed by atoms with E-state index in [1.54, 1.807) is 18.3 Å². The molecule has 0 amide bonds. The number of hydrogen-bond acceptors (Lipinski definition) is 4. The van der Waals surface area contributed by atoms with Gasteiger partial charge >= 0.3 is 0 Å². The van der Waals surface area contributed by atoms with Gasteiger partial charge in [-0.05, 0) is 30.0 Å². The van der Waals surface area contributed by atoms with Crippen LogP contribution < -0.4 is 4.72 Å². The van der Waals surface area contributed by atoms with Gasteiger partial charge in [-0.1, -0.05) is 66.9 Å². The first-order valence-corrected chi connectivity index (χ1v) is 10.7. The molecular formula is C20H22N4O2S. The van der Waals surface area contributed by atoms with Gasteiger partial charge < -0.3 is 0 Å². The molecule has 7 heteroatoms. The van der Waals surface area contributed by atoms with E-state index in [1.165, 1.54) is 6.42 Å². The molecule has 1 fully saturated rings. The number of sulfonamides is 1. The summed E-state index contributed by atoms with van der Waals surface area (Å²) in [4.78, 5) is 0.239. The van der Waals surface area contributed by atoms with Crippen LogP contribution in [0.1, 0.15) is 32.1 Å². The number of rotatable bonds is 5. The Balaban J connectivity index is 1.77. The van der Waals surface area contributed by atoms with E-state index < -0.39 is 10.0 Å². The normalized spacial score (nSPS) is 15.7. The lowest BCUT2D eigenvalue weighted by Crippen LogP contribution is -2.36. The zero-order valence-corrected chi connectivity index (χ0v) is 15.7. The van der Waals surface area contributed by atoms with Gasteiger partial charge in [0.2, 0.25) is 10.0 Å². The molecule has 0 radical (unpaired) electrons. The van der Waals surface area contributed by atoms with Crippen LogP contribution in [0, 0.1) is 0 Å². The van der Waals surface area contributed by atoms with E-state index in [1.807, 2.05) is 36.4 Å². The first kappa shape index (κ1) is 17.9. The molecule has 4 rings (SSSR count). The Bertz CT molecular complexity index is 996. The quantitative estimate of drug-likeness (QED) is 0.703. The number of H-pyrrole nitrogens is 1. The lowest BCUT2D eigenvalue weighted by Gasteiger charge is -2.23. The van der Waals surface area contributed by atoms with Crippen LogP contribution in [0.15, 0.2) is 59.6 Å². The fourth-order valence-corrected chi connectivity index (χ4v) is 5.15. The SMILES string of the molecule is O=S(=O)(NC1CCCCC1)c1cc(-c2ccccc2)ccc1-c1c[nH]nn1. The van der Waals surface area contributed by atoms with Crippen LogP contribution in [0.25, 0.3) is 22.4 Å². The van der Waals surface area contributed by atoms with Crippen molar-refractivity contribution in [1.82, 2.24) is 20.1 Å². The third-order valence-corrected chi connectivity index (χ3v) is 6.56. The molecule has 2 N–H and O–H groups in total. The first-order chi connectivity index (χ1) is 13.1. The molecule has 1 aromatic heterocycles. The molecule has 1 heterocycles. The molecular weight excluding hydrogens is 360 g/mol. The standard InChI is InChI=1S/C20H22N4O2S/c25-27(26,23-17-9-5-2-6-10-17)20-13-16(15-7-3-1-4-8-15)11-12-18(20)19-14-21-24-22-19/h1,3-4,7-8,11-14,17,23H,2,5-6,9-10H2,(H,21,22,24). The fraction of sp³-hybridized carbons (Fsp3) is 0.300. The second-order valence-electron chi connectivity index (χ2n) is 6.89. The van der Waals surface area contributed by atoms with E-state index in [9.17, 15) is 8.42 Å². The summed E-state index contributed by atoms with van der Waals surface area (Å²) in [5, 5.41) is 10.4. The van der Waals surface area contributed by atoms with Crippen molar-refractivity contribution in [3.63, 3.8) is 0 Å². The van der Waals surface area contributed by atoms with Crippen molar-refractivity contribution in [3.8, 4) is 22.4 Å². The van der Waals surface area contributed by atoms with E-state index in [2.05, 4.69) is 20.1 Å². The summed E-state index contributed by atoms with van der Waals surface area (Å²) in [5.74, 6) is 0. The Kier molecular flexibility index (Phi) is 5.05. The highest BCUT2D eigenvalue weighted by atomic mass is 32.2. The largest absolute Gasteiger partial charge is 0.265 e. The van der Waals surface area contributed by atoms with Crippen molar-refractivity contribution in [2.75, 3.05) is 0 Å². The van der Waals surface area contributed by atoms with Gasteiger partial charge in [0.15, 0.2) is 0 Å². The Morgan fingerprint density at radius 2 is 1.74 bits per heavy atom. The van der Waals surface area contributed by atoms with Gasteiger partial charge in [-0.25, -0.2) is 13.1 Å². The van der Waals surface area contributed by atoms with E-state index >= 15 is 0 Å². The van der Waals surface area contributed by atoms with Crippen LogP contribution in [0.4, 0.5) is 0 Å². The van der Waals surface area contributed by atoms with Crippen molar-refractivity contribution in [2.45, 2.75) is 43.0 Å². The number of benzene rings is 2. The smallest absolute Gasteiger partial charge is 0.241 e. The second kappa shape index (κ2) is 7.62. The molecule has 140 valence electrons.